The second kappa shape index (κ2) is 6.11. The first-order valence-electron chi connectivity index (χ1n) is 6.29. The van der Waals surface area contributed by atoms with Crippen LogP contribution in [-0.2, 0) is 11.3 Å². The maximum absolute atomic E-state index is 13.3. The molecule has 0 radical (unpaired) electrons. The fourth-order valence-electron chi connectivity index (χ4n) is 2.20. The van der Waals surface area contributed by atoms with Gasteiger partial charge in [-0.15, -0.1) is 0 Å². The minimum absolute atomic E-state index is 0.00389. The fraction of sp³-hybridized carbons (Fsp3) is 0.500. The van der Waals surface area contributed by atoms with Crippen LogP contribution < -0.4 is 0 Å². The molecule has 2 atom stereocenters. The van der Waals surface area contributed by atoms with Crippen LogP contribution in [-0.4, -0.2) is 41.9 Å². The Kier molecular flexibility index (Phi) is 4.48. The van der Waals surface area contributed by atoms with E-state index in [9.17, 15) is 4.39 Å². The molecule has 5 heteroatoms. The first-order chi connectivity index (χ1) is 9.13. The summed E-state index contributed by atoms with van der Waals surface area (Å²) >= 11 is 0. The van der Waals surface area contributed by atoms with Gasteiger partial charge in [0.05, 0.1) is 24.9 Å². The SMILES string of the molecule is CC1COC(CO)CN1Cc1ccc(F)c(C#N)c1. The number of benzene rings is 1. The summed E-state index contributed by atoms with van der Waals surface area (Å²) in [6.45, 7) is 3.86. The minimum atomic E-state index is -0.491. The van der Waals surface area contributed by atoms with Gasteiger partial charge in [0, 0.05) is 19.1 Å². The number of aliphatic hydroxyl groups is 1. The van der Waals surface area contributed by atoms with E-state index in [2.05, 4.69) is 4.90 Å². The predicted octanol–water partition coefficient (Wildman–Crippen LogP) is 1.28. The molecule has 1 aromatic carbocycles. The maximum Gasteiger partial charge on any atom is 0.140 e. The molecule has 1 N–H and O–H groups in total. The molecule has 0 spiro atoms. The molecular formula is C14H17FN2O2. The lowest BCUT2D eigenvalue weighted by atomic mass is 10.1. The van der Waals surface area contributed by atoms with E-state index in [-0.39, 0.29) is 24.3 Å². The molecule has 0 amide bonds. The number of ether oxygens (including phenoxy) is 1. The second-order valence-corrected chi connectivity index (χ2v) is 4.84. The third-order valence-electron chi connectivity index (χ3n) is 3.38. The molecule has 0 saturated carbocycles. The van der Waals surface area contributed by atoms with Crippen LogP contribution in [0, 0.1) is 17.1 Å². The standard InChI is InChI=1S/C14H17FN2O2/c1-10-9-19-13(8-18)7-17(10)6-11-2-3-14(15)12(4-11)5-16/h2-4,10,13,18H,6-9H2,1H3. The van der Waals surface area contributed by atoms with E-state index in [0.29, 0.717) is 19.7 Å². The third kappa shape index (κ3) is 3.29. The number of nitriles is 1. The van der Waals surface area contributed by atoms with Gasteiger partial charge in [0.2, 0.25) is 0 Å². The number of hydrogen-bond acceptors (Lipinski definition) is 4. The Morgan fingerprint density at radius 1 is 1.58 bits per heavy atom. The quantitative estimate of drug-likeness (QED) is 0.893. The summed E-state index contributed by atoms with van der Waals surface area (Å²) in [7, 11) is 0. The number of nitrogens with zero attached hydrogens (tertiary/aromatic N) is 2. The molecule has 1 fully saturated rings. The highest BCUT2D eigenvalue weighted by atomic mass is 19.1. The van der Waals surface area contributed by atoms with Crippen LogP contribution in [0.2, 0.25) is 0 Å². The topological polar surface area (TPSA) is 56.5 Å². The van der Waals surface area contributed by atoms with Crippen LogP contribution in [0.15, 0.2) is 18.2 Å². The zero-order valence-corrected chi connectivity index (χ0v) is 10.8. The molecule has 1 saturated heterocycles. The smallest absolute Gasteiger partial charge is 0.140 e. The van der Waals surface area contributed by atoms with E-state index in [1.165, 1.54) is 6.07 Å². The van der Waals surface area contributed by atoms with Gasteiger partial charge < -0.3 is 9.84 Å². The van der Waals surface area contributed by atoms with Crippen LogP contribution >= 0.6 is 0 Å². The number of hydrogen-bond donors (Lipinski definition) is 1. The van der Waals surface area contributed by atoms with Crippen molar-refractivity contribution >= 4 is 0 Å². The van der Waals surface area contributed by atoms with Crippen molar-refractivity contribution in [2.45, 2.75) is 25.6 Å². The zero-order valence-electron chi connectivity index (χ0n) is 10.8. The summed E-state index contributed by atoms with van der Waals surface area (Å²) in [5, 5.41) is 18.0. The van der Waals surface area contributed by atoms with Crippen molar-refractivity contribution in [2.24, 2.45) is 0 Å². The molecule has 2 rings (SSSR count). The van der Waals surface area contributed by atoms with Gasteiger partial charge in [0.1, 0.15) is 11.9 Å². The lowest BCUT2D eigenvalue weighted by molar-refractivity contribution is -0.0805. The van der Waals surface area contributed by atoms with E-state index < -0.39 is 5.82 Å². The van der Waals surface area contributed by atoms with E-state index in [1.54, 1.807) is 12.1 Å². The first-order valence-corrected chi connectivity index (χ1v) is 6.29. The molecule has 2 unspecified atom stereocenters. The van der Waals surface area contributed by atoms with Crippen LogP contribution in [0.25, 0.3) is 0 Å². The largest absolute Gasteiger partial charge is 0.394 e. The number of aliphatic hydroxyl groups excluding tert-OH is 1. The summed E-state index contributed by atoms with van der Waals surface area (Å²) < 4.78 is 18.7. The van der Waals surface area contributed by atoms with Crippen molar-refractivity contribution in [1.29, 1.82) is 5.26 Å². The third-order valence-corrected chi connectivity index (χ3v) is 3.38. The summed E-state index contributed by atoms with van der Waals surface area (Å²) in [4.78, 5) is 2.17. The Balaban J connectivity index is 2.09. The Bertz CT molecular complexity index is 487. The van der Waals surface area contributed by atoms with Gasteiger partial charge in [-0.05, 0) is 24.6 Å². The highest BCUT2D eigenvalue weighted by Crippen LogP contribution is 2.17. The molecule has 102 valence electrons. The molecule has 19 heavy (non-hydrogen) atoms. The molecule has 0 aromatic heterocycles. The average molecular weight is 264 g/mol. The predicted molar refractivity (Wildman–Crippen MR) is 67.8 cm³/mol. The highest BCUT2D eigenvalue weighted by molar-refractivity contribution is 5.34. The van der Waals surface area contributed by atoms with Gasteiger partial charge in [-0.2, -0.15) is 5.26 Å². The van der Waals surface area contributed by atoms with Crippen LogP contribution in [0.5, 0.6) is 0 Å². The maximum atomic E-state index is 13.3. The van der Waals surface area contributed by atoms with Gasteiger partial charge in [0.15, 0.2) is 0 Å². The van der Waals surface area contributed by atoms with Crippen LogP contribution in [0.1, 0.15) is 18.1 Å². The molecular weight excluding hydrogens is 247 g/mol. The molecule has 0 aliphatic carbocycles. The van der Waals surface area contributed by atoms with Gasteiger partial charge in [-0.25, -0.2) is 4.39 Å². The molecule has 1 aliphatic heterocycles. The highest BCUT2D eigenvalue weighted by Gasteiger charge is 2.25. The summed E-state index contributed by atoms with van der Waals surface area (Å²) in [6, 6.07) is 6.66. The number of rotatable bonds is 3. The van der Waals surface area contributed by atoms with Crippen molar-refractivity contribution < 1.29 is 14.2 Å². The summed E-state index contributed by atoms with van der Waals surface area (Å²) in [6.07, 6.45) is -0.174. The second-order valence-electron chi connectivity index (χ2n) is 4.84. The molecule has 0 bridgehead atoms. The zero-order chi connectivity index (χ0) is 13.8. The normalized spacial score (nSPS) is 24.1. The van der Waals surface area contributed by atoms with Gasteiger partial charge in [0.25, 0.3) is 0 Å². The van der Waals surface area contributed by atoms with Crippen molar-refractivity contribution in [3.63, 3.8) is 0 Å². The average Bonchev–Trinajstić information content (AvgIpc) is 2.43. The minimum Gasteiger partial charge on any atom is -0.394 e. The Hall–Kier alpha value is -1.48. The monoisotopic (exact) mass is 264 g/mol. The van der Waals surface area contributed by atoms with Crippen molar-refractivity contribution in [1.82, 2.24) is 4.90 Å². The van der Waals surface area contributed by atoms with Gasteiger partial charge in [-0.1, -0.05) is 6.07 Å². The number of halogens is 1. The van der Waals surface area contributed by atoms with E-state index in [0.717, 1.165) is 5.56 Å². The fourth-order valence-corrected chi connectivity index (χ4v) is 2.20. The van der Waals surface area contributed by atoms with Gasteiger partial charge >= 0.3 is 0 Å². The van der Waals surface area contributed by atoms with Crippen LogP contribution in [0.3, 0.4) is 0 Å². The van der Waals surface area contributed by atoms with E-state index in [1.807, 2.05) is 13.0 Å². The summed E-state index contributed by atoms with van der Waals surface area (Å²) in [5.41, 5.74) is 0.959. The molecule has 1 aromatic rings. The lowest BCUT2D eigenvalue weighted by Gasteiger charge is -2.37. The lowest BCUT2D eigenvalue weighted by Crippen LogP contribution is -2.48. The van der Waals surface area contributed by atoms with Crippen LogP contribution in [0.4, 0.5) is 4.39 Å². The Morgan fingerprint density at radius 3 is 3.05 bits per heavy atom. The summed E-state index contributed by atoms with van der Waals surface area (Å²) in [5.74, 6) is -0.491. The molecule has 4 nitrogen and oxygen atoms in total. The van der Waals surface area contributed by atoms with Crippen molar-refractivity contribution in [2.75, 3.05) is 19.8 Å². The Labute approximate surface area is 112 Å². The van der Waals surface area contributed by atoms with Gasteiger partial charge in [-0.3, -0.25) is 4.90 Å². The van der Waals surface area contributed by atoms with E-state index in [4.69, 9.17) is 15.1 Å². The first kappa shape index (κ1) is 13.9. The van der Waals surface area contributed by atoms with E-state index >= 15 is 0 Å². The number of morpholine rings is 1. The molecule has 1 heterocycles. The Morgan fingerprint density at radius 2 is 2.37 bits per heavy atom. The molecule has 1 aliphatic rings. The van der Waals surface area contributed by atoms with Crippen molar-refractivity contribution in [3.8, 4) is 6.07 Å². The van der Waals surface area contributed by atoms with Crippen molar-refractivity contribution in [3.05, 3.63) is 35.1 Å².